The monoisotopic (exact) mass is 418 g/mol. The zero-order valence-corrected chi connectivity index (χ0v) is 18.0. The van der Waals surface area contributed by atoms with E-state index in [4.69, 9.17) is 4.98 Å². The highest BCUT2D eigenvalue weighted by Gasteiger charge is 2.24. The zero-order chi connectivity index (χ0) is 20.3. The fourth-order valence-electron chi connectivity index (χ4n) is 4.17. The normalized spacial score (nSPS) is 15.6. The molecule has 1 aromatic carbocycles. The number of hydrogen-bond acceptors (Lipinski definition) is 6. The van der Waals surface area contributed by atoms with Gasteiger partial charge in [0.2, 0.25) is 0 Å². The Labute approximate surface area is 180 Å². The van der Waals surface area contributed by atoms with E-state index in [1.165, 1.54) is 16.3 Å². The summed E-state index contributed by atoms with van der Waals surface area (Å²) in [6, 6.07) is 12.7. The third-order valence-corrected chi connectivity index (χ3v) is 6.65. The van der Waals surface area contributed by atoms with Gasteiger partial charge in [-0.3, -0.25) is 4.90 Å². The SMILES string of the molecule is Cn1cnc2c(NCc3ccccc3)nc(C3CCN(Cc4nccs4)CC3)cc21. The highest BCUT2D eigenvalue weighted by Crippen LogP contribution is 2.31. The van der Waals surface area contributed by atoms with Gasteiger partial charge in [-0.1, -0.05) is 30.3 Å². The number of benzene rings is 1. The lowest BCUT2D eigenvalue weighted by Crippen LogP contribution is -2.32. The highest BCUT2D eigenvalue weighted by molar-refractivity contribution is 7.09. The Morgan fingerprint density at radius 3 is 2.73 bits per heavy atom. The molecule has 0 spiro atoms. The summed E-state index contributed by atoms with van der Waals surface area (Å²) in [6.07, 6.45) is 6.02. The van der Waals surface area contributed by atoms with Crippen molar-refractivity contribution >= 4 is 28.2 Å². The van der Waals surface area contributed by atoms with E-state index in [0.29, 0.717) is 5.92 Å². The molecule has 7 heteroatoms. The number of thiazole rings is 1. The van der Waals surface area contributed by atoms with Crippen molar-refractivity contribution in [1.82, 2.24) is 24.4 Å². The smallest absolute Gasteiger partial charge is 0.154 e. The second-order valence-electron chi connectivity index (χ2n) is 7.93. The van der Waals surface area contributed by atoms with Gasteiger partial charge in [-0.25, -0.2) is 15.0 Å². The van der Waals surface area contributed by atoms with E-state index in [-0.39, 0.29) is 0 Å². The van der Waals surface area contributed by atoms with Crippen molar-refractivity contribution < 1.29 is 0 Å². The summed E-state index contributed by atoms with van der Waals surface area (Å²) in [6.45, 7) is 3.88. The maximum Gasteiger partial charge on any atom is 0.154 e. The Morgan fingerprint density at radius 2 is 1.97 bits per heavy atom. The van der Waals surface area contributed by atoms with E-state index in [1.54, 1.807) is 11.3 Å². The van der Waals surface area contributed by atoms with Crippen molar-refractivity contribution in [2.75, 3.05) is 18.4 Å². The topological polar surface area (TPSA) is 58.9 Å². The molecule has 0 bridgehead atoms. The molecule has 1 aliphatic heterocycles. The highest BCUT2D eigenvalue weighted by atomic mass is 32.1. The summed E-state index contributed by atoms with van der Waals surface area (Å²) in [5.41, 5.74) is 4.50. The minimum Gasteiger partial charge on any atom is -0.364 e. The molecule has 1 saturated heterocycles. The molecule has 4 aromatic rings. The average Bonchev–Trinajstić information content (AvgIpc) is 3.43. The molecule has 6 nitrogen and oxygen atoms in total. The molecule has 1 fully saturated rings. The third-order valence-electron chi connectivity index (χ3n) is 5.88. The minimum atomic E-state index is 0.481. The Kier molecular flexibility index (Phi) is 5.46. The van der Waals surface area contributed by atoms with E-state index in [9.17, 15) is 0 Å². The molecule has 0 atom stereocenters. The molecule has 3 aromatic heterocycles. The predicted octanol–water partition coefficient (Wildman–Crippen LogP) is 4.42. The number of aromatic nitrogens is 4. The first-order chi connectivity index (χ1) is 14.8. The molecule has 1 N–H and O–H groups in total. The van der Waals surface area contributed by atoms with Crippen molar-refractivity contribution in [3.8, 4) is 0 Å². The molecule has 5 rings (SSSR count). The lowest BCUT2D eigenvalue weighted by Gasteiger charge is -2.31. The van der Waals surface area contributed by atoms with Crippen LogP contribution in [0, 0.1) is 0 Å². The van der Waals surface area contributed by atoms with Crippen LogP contribution >= 0.6 is 11.3 Å². The van der Waals surface area contributed by atoms with Crippen molar-refractivity contribution in [3.05, 3.63) is 70.6 Å². The first-order valence-electron chi connectivity index (χ1n) is 10.5. The van der Waals surface area contributed by atoms with E-state index < -0.39 is 0 Å². The average molecular weight is 419 g/mol. The first kappa shape index (κ1) is 19.2. The molecule has 0 aliphatic carbocycles. The van der Waals surface area contributed by atoms with Crippen LogP contribution in [-0.2, 0) is 20.1 Å². The summed E-state index contributed by atoms with van der Waals surface area (Å²) < 4.78 is 2.09. The Morgan fingerprint density at radius 1 is 1.13 bits per heavy atom. The van der Waals surface area contributed by atoms with Gasteiger partial charge in [-0.05, 0) is 37.6 Å². The quantitative estimate of drug-likeness (QED) is 0.502. The van der Waals surface area contributed by atoms with E-state index in [0.717, 1.165) is 55.9 Å². The largest absolute Gasteiger partial charge is 0.364 e. The number of fused-ring (bicyclic) bond motifs is 1. The number of likely N-dealkylation sites (tertiary alicyclic amines) is 1. The van der Waals surface area contributed by atoms with Crippen LogP contribution in [0.5, 0.6) is 0 Å². The maximum absolute atomic E-state index is 5.04. The van der Waals surface area contributed by atoms with Gasteiger partial charge in [0.05, 0.1) is 18.4 Å². The summed E-state index contributed by atoms with van der Waals surface area (Å²) in [5.74, 6) is 1.37. The summed E-state index contributed by atoms with van der Waals surface area (Å²) in [7, 11) is 2.05. The van der Waals surface area contributed by atoms with Gasteiger partial charge in [0.15, 0.2) is 5.82 Å². The molecule has 0 unspecified atom stereocenters. The predicted molar refractivity (Wildman–Crippen MR) is 122 cm³/mol. The van der Waals surface area contributed by atoms with Crippen molar-refractivity contribution in [1.29, 1.82) is 0 Å². The molecular weight excluding hydrogens is 392 g/mol. The first-order valence-corrected chi connectivity index (χ1v) is 11.3. The van der Waals surface area contributed by atoms with Gasteiger partial charge in [0.25, 0.3) is 0 Å². The van der Waals surface area contributed by atoms with Crippen LogP contribution in [0.4, 0.5) is 5.82 Å². The summed E-state index contributed by atoms with van der Waals surface area (Å²) in [4.78, 5) is 16.6. The van der Waals surface area contributed by atoms with Crippen LogP contribution in [0.1, 0.15) is 35.0 Å². The Balaban J connectivity index is 1.33. The molecule has 0 radical (unpaired) electrons. The van der Waals surface area contributed by atoms with Crippen LogP contribution in [0.15, 0.2) is 54.3 Å². The van der Waals surface area contributed by atoms with E-state index in [2.05, 4.69) is 67.5 Å². The number of aryl methyl sites for hydroxylation is 1. The molecule has 154 valence electrons. The van der Waals surface area contributed by atoms with Crippen LogP contribution in [0.3, 0.4) is 0 Å². The molecule has 0 amide bonds. The maximum atomic E-state index is 5.04. The number of nitrogens with zero attached hydrogens (tertiary/aromatic N) is 5. The number of nitrogens with one attached hydrogen (secondary N) is 1. The standard InChI is InChI=1S/C23H26N6S/c1-28-16-26-22-20(28)13-19(27-23(22)25-14-17-5-3-2-4-6-17)18-7-10-29(11-8-18)15-21-24-9-12-30-21/h2-6,9,12-13,16,18H,7-8,10-11,14-15H2,1H3,(H,25,27). The van der Waals surface area contributed by atoms with Crippen molar-refractivity contribution in [2.24, 2.45) is 7.05 Å². The van der Waals surface area contributed by atoms with Crippen LogP contribution < -0.4 is 5.32 Å². The number of anilines is 1. The number of rotatable bonds is 6. The van der Waals surface area contributed by atoms with Crippen LogP contribution in [0.2, 0.25) is 0 Å². The van der Waals surface area contributed by atoms with Gasteiger partial charge in [0, 0.05) is 36.8 Å². The van der Waals surface area contributed by atoms with Crippen LogP contribution in [0.25, 0.3) is 11.0 Å². The molecule has 30 heavy (non-hydrogen) atoms. The van der Waals surface area contributed by atoms with Gasteiger partial charge in [-0.2, -0.15) is 0 Å². The fraction of sp³-hybridized carbons (Fsp3) is 0.348. The molecule has 1 aliphatic rings. The Bertz CT molecular complexity index is 1100. The minimum absolute atomic E-state index is 0.481. The number of imidazole rings is 1. The number of pyridine rings is 1. The molecule has 4 heterocycles. The number of hydrogen-bond donors (Lipinski definition) is 1. The van der Waals surface area contributed by atoms with Crippen molar-refractivity contribution in [3.63, 3.8) is 0 Å². The Hall–Kier alpha value is -2.77. The number of piperidine rings is 1. The van der Waals surface area contributed by atoms with Crippen LogP contribution in [-0.4, -0.2) is 37.5 Å². The van der Waals surface area contributed by atoms with Gasteiger partial charge >= 0.3 is 0 Å². The molecule has 0 saturated carbocycles. The fourth-order valence-corrected chi connectivity index (χ4v) is 4.83. The second kappa shape index (κ2) is 8.53. The second-order valence-corrected chi connectivity index (χ2v) is 8.91. The summed E-state index contributed by atoms with van der Waals surface area (Å²) in [5, 5.41) is 6.79. The van der Waals surface area contributed by atoms with E-state index in [1.807, 2.05) is 18.6 Å². The zero-order valence-electron chi connectivity index (χ0n) is 17.2. The van der Waals surface area contributed by atoms with E-state index >= 15 is 0 Å². The third kappa shape index (κ3) is 4.08. The van der Waals surface area contributed by atoms with Crippen molar-refractivity contribution in [2.45, 2.75) is 31.8 Å². The van der Waals surface area contributed by atoms with Gasteiger partial charge < -0.3 is 9.88 Å². The summed E-state index contributed by atoms with van der Waals surface area (Å²) >= 11 is 1.74. The van der Waals surface area contributed by atoms with Gasteiger partial charge in [0.1, 0.15) is 10.5 Å². The molecular formula is C23H26N6S. The lowest BCUT2D eigenvalue weighted by atomic mass is 9.93. The lowest BCUT2D eigenvalue weighted by molar-refractivity contribution is 0.203. The van der Waals surface area contributed by atoms with Gasteiger partial charge in [-0.15, -0.1) is 11.3 Å².